The molecule has 0 bridgehead atoms. The van der Waals surface area contributed by atoms with E-state index in [9.17, 15) is 9.59 Å². The van der Waals surface area contributed by atoms with E-state index in [1.165, 1.54) is 0 Å². The maximum atomic E-state index is 12.3. The molecule has 0 fully saturated rings. The molecular weight excluding hydrogens is 373 g/mol. The lowest BCUT2D eigenvalue weighted by molar-refractivity contribution is -0.134. The van der Waals surface area contributed by atoms with E-state index in [4.69, 9.17) is 28.9 Å². The van der Waals surface area contributed by atoms with Crippen LogP contribution in [0.15, 0.2) is 12.1 Å². The van der Waals surface area contributed by atoms with Crippen molar-refractivity contribution in [1.29, 1.82) is 0 Å². The van der Waals surface area contributed by atoms with Crippen LogP contribution < -0.4 is 11.1 Å². The van der Waals surface area contributed by atoms with Crippen LogP contribution in [0.3, 0.4) is 0 Å². The number of rotatable bonds is 4. The molecule has 0 aliphatic carbocycles. The summed E-state index contributed by atoms with van der Waals surface area (Å²) < 4.78 is 0. The SMILES string of the molecule is CC(C)[C@H](N)C(=O)NCC(=O)N1CCc2cc(Cl)cc(Cl)c2C1.Cl. The maximum absolute atomic E-state index is 12.3. The first kappa shape index (κ1) is 21.0. The average molecular weight is 395 g/mol. The number of halogens is 3. The van der Waals surface area contributed by atoms with Gasteiger partial charge in [0.2, 0.25) is 11.8 Å². The van der Waals surface area contributed by atoms with Crippen LogP contribution in [0.4, 0.5) is 0 Å². The Hall–Kier alpha value is -1.01. The van der Waals surface area contributed by atoms with Gasteiger partial charge in [-0.15, -0.1) is 12.4 Å². The number of hydrogen-bond donors (Lipinski definition) is 2. The number of benzene rings is 1. The Bertz CT molecular complexity index is 623. The molecule has 0 aromatic heterocycles. The molecule has 3 N–H and O–H groups in total. The highest BCUT2D eigenvalue weighted by Gasteiger charge is 2.24. The van der Waals surface area contributed by atoms with Crippen molar-refractivity contribution in [3.63, 3.8) is 0 Å². The minimum Gasteiger partial charge on any atom is -0.346 e. The molecule has 1 heterocycles. The Kier molecular flexibility index (Phi) is 7.80. The molecule has 1 aliphatic heterocycles. The Labute approximate surface area is 158 Å². The standard InChI is InChI=1S/C16H21Cl2N3O2.ClH/c1-9(2)15(19)16(23)20-7-14(22)21-4-3-10-5-11(17)6-13(18)12(10)8-21;/h5-6,9,15H,3-4,7-8,19H2,1-2H3,(H,20,23);1H/t15-;/m0./s1. The van der Waals surface area contributed by atoms with Gasteiger partial charge in [-0.1, -0.05) is 37.0 Å². The van der Waals surface area contributed by atoms with Gasteiger partial charge in [-0.25, -0.2) is 0 Å². The van der Waals surface area contributed by atoms with E-state index in [2.05, 4.69) is 5.32 Å². The van der Waals surface area contributed by atoms with E-state index in [1.807, 2.05) is 19.9 Å². The number of nitrogens with one attached hydrogen (secondary N) is 1. The summed E-state index contributed by atoms with van der Waals surface area (Å²) in [6, 6.07) is 2.95. The molecular formula is C16H22Cl3N3O2. The van der Waals surface area contributed by atoms with Crippen molar-refractivity contribution in [2.45, 2.75) is 32.9 Å². The average Bonchev–Trinajstić information content (AvgIpc) is 2.50. The number of fused-ring (bicyclic) bond motifs is 1. The second-order valence-corrected chi connectivity index (χ2v) is 6.92. The number of carbonyl (C=O) groups is 2. The third-order valence-electron chi connectivity index (χ3n) is 4.04. The van der Waals surface area contributed by atoms with Gasteiger partial charge >= 0.3 is 0 Å². The first-order chi connectivity index (χ1) is 10.8. The van der Waals surface area contributed by atoms with Gasteiger partial charge < -0.3 is 16.0 Å². The lowest BCUT2D eigenvalue weighted by Gasteiger charge is -2.30. The second kappa shape index (κ2) is 8.90. The van der Waals surface area contributed by atoms with Gasteiger partial charge in [-0.3, -0.25) is 9.59 Å². The van der Waals surface area contributed by atoms with Gasteiger partial charge in [0.1, 0.15) is 0 Å². The van der Waals surface area contributed by atoms with Crippen LogP contribution in [-0.4, -0.2) is 35.8 Å². The summed E-state index contributed by atoms with van der Waals surface area (Å²) in [5.74, 6) is -0.433. The van der Waals surface area contributed by atoms with Crippen LogP contribution >= 0.6 is 35.6 Å². The molecule has 1 aromatic rings. The van der Waals surface area contributed by atoms with E-state index in [0.29, 0.717) is 29.6 Å². The third kappa shape index (κ3) is 4.99. The zero-order valence-corrected chi connectivity index (χ0v) is 16.0. The van der Waals surface area contributed by atoms with Crippen molar-refractivity contribution in [3.8, 4) is 0 Å². The summed E-state index contributed by atoms with van der Waals surface area (Å²) in [6.07, 6.45) is 0.695. The van der Waals surface area contributed by atoms with Crippen molar-refractivity contribution in [2.75, 3.05) is 13.1 Å². The Morgan fingerprint density at radius 3 is 2.62 bits per heavy atom. The normalized spacial score (nSPS) is 14.7. The van der Waals surface area contributed by atoms with E-state index in [1.54, 1.807) is 11.0 Å². The maximum Gasteiger partial charge on any atom is 0.242 e. The molecule has 8 heteroatoms. The second-order valence-electron chi connectivity index (χ2n) is 6.08. The summed E-state index contributed by atoms with van der Waals surface area (Å²) in [7, 11) is 0. The largest absolute Gasteiger partial charge is 0.346 e. The molecule has 24 heavy (non-hydrogen) atoms. The molecule has 2 rings (SSSR count). The van der Waals surface area contributed by atoms with Crippen molar-refractivity contribution >= 4 is 47.4 Å². The van der Waals surface area contributed by atoms with Crippen molar-refractivity contribution in [2.24, 2.45) is 11.7 Å². The van der Waals surface area contributed by atoms with Gasteiger partial charge in [-0.05, 0) is 35.6 Å². The first-order valence-electron chi connectivity index (χ1n) is 7.57. The number of nitrogens with zero attached hydrogens (tertiary/aromatic N) is 1. The minimum atomic E-state index is -0.610. The highest BCUT2D eigenvalue weighted by molar-refractivity contribution is 6.35. The van der Waals surface area contributed by atoms with Gasteiger partial charge in [0, 0.05) is 23.1 Å². The molecule has 0 saturated heterocycles. The zero-order valence-electron chi connectivity index (χ0n) is 13.6. The van der Waals surface area contributed by atoms with Crippen molar-refractivity contribution < 1.29 is 9.59 Å². The molecule has 0 unspecified atom stereocenters. The van der Waals surface area contributed by atoms with Crippen LogP contribution in [0, 0.1) is 5.92 Å². The van der Waals surface area contributed by atoms with Crippen LogP contribution in [0.25, 0.3) is 0 Å². The van der Waals surface area contributed by atoms with Crippen molar-refractivity contribution in [3.05, 3.63) is 33.3 Å². The lowest BCUT2D eigenvalue weighted by Crippen LogP contribution is -2.48. The molecule has 2 amide bonds. The Morgan fingerprint density at radius 2 is 2.00 bits per heavy atom. The Balaban J connectivity index is 0.00000288. The molecule has 1 aromatic carbocycles. The number of amides is 2. The molecule has 0 radical (unpaired) electrons. The van der Waals surface area contributed by atoms with E-state index in [0.717, 1.165) is 11.1 Å². The molecule has 134 valence electrons. The van der Waals surface area contributed by atoms with Gasteiger partial charge in [0.15, 0.2) is 0 Å². The number of nitrogens with two attached hydrogens (primary N) is 1. The van der Waals surface area contributed by atoms with E-state index >= 15 is 0 Å². The summed E-state index contributed by atoms with van der Waals surface area (Å²) in [5, 5.41) is 3.77. The van der Waals surface area contributed by atoms with Crippen LogP contribution in [-0.2, 0) is 22.6 Å². The summed E-state index contributed by atoms with van der Waals surface area (Å²) in [5.41, 5.74) is 7.74. The summed E-state index contributed by atoms with van der Waals surface area (Å²) in [6.45, 7) is 4.67. The minimum absolute atomic E-state index is 0. The highest BCUT2D eigenvalue weighted by atomic mass is 35.5. The van der Waals surface area contributed by atoms with Crippen molar-refractivity contribution in [1.82, 2.24) is 10.2 Å². The lowest BCUT2D eigenvalue weighted by atomic mass is 9.99. The number of hydrogen-bond acceptors (Lipinski definition) is 3. The van der Waals surface area contributed by atoms with Gasteiger partial charge in [0.05, 0.1) is 12.6 Å². The molecule has 0 spiro atoms. The van der Waals surface area contributed by atoms with E-state index < -0.39 is 6.04 Å². The summed E-state index contributed by atoms with van der Waals surface area (Å²) >= 11 is 12.2. The third-order valence-corrected chi connectivity index (χ3v) is 4.60. The fourth-order valence-corrected chi connectivity index (χ4v) is 3.09. The zero-order chi connectivity index (χ0) is 17.1. The fraction of sp³-hybridized carbons (Fsp3) is 0.500. The molecule has 5 nitrogen and oxygen atoms in total. The van der Waals surface area contributed by atoms with Crippen LogP contribution in [0.1, 0.15) is 25.0 Å². The smallest absolute Gasteiger partial charge is 0.242 e. The topological polar surface area (TPSA) is 75.4 Å². The summed E-state index contributed by atoms with van der Waals surface area (Å²) in [4.78, 5) is 25.8. The molecule has 1 aliphatic rings. The Morgan fingerprint density at radius 1 is 1.33 bits per heavy atom. The predicted octanol–water partition coefficient (Wildman–Crippen LogP) is 2.40. The first-order valence-corrected chi connectivity index (χ1v) is 8.33. The fourth-order valence-electron chi connectivity index (χ4n) is 2.49. The molecule has 0 saturated carbocycles. The van der Waals surface area contributed by atoms with Crippen LogP contribution in [0.2, 0.25) is 10.0 Å². The van der Waals surface area contributed by atoms with Crippen LogP contribution in [0.5, 0.6) is 0 Å². The van der Waals surface area contributed by atoms with E-state index in [-0.39, 0.29) is 36.7 Å². The predicted molar refractivity (Wildman–Crippen MR) is 98.7 cm³/mol. The van der Waals surface area contributed by atoms with Gasteiger partial charge in [-0.2, -0.15) is 0 Å². The number of carbonyl (C=O) groups excluding carboxylic acids is 2. The quantitative estimate of drug-likeness (QED) is 0.823. The monoisotopic (exact) mass is 393 g/mol. The molecule has 1 atom stereocenters. The highest BCUT2D eigenvalue weighted by Crippen LogP contribution is 2.29. The van der Waals surface area contributed by atoms with Gasteiger partial charge in [0.25, 0.3) is 0 Å².